The fraction of sp³-hybridized carbons (Fsp3) is 0.562. The van der Waals surface area contributed by atoms with Crippen molar-refractivity contribution in [3.8, 4) is 5.75 Å². The summed E-state index contributed by atoms with van der Waals surface area (Å²) in [5.41, 5.74) is 0.866. The summed E-state index contributed by atoms with van der Waals surface area (Å²) in [7, 11) is 1.64. The average molecular weight is 276 g/mol. The van der Waals surface area contributed by atoms with Gasteiger partial charge in [-0.3, -0.25) is 4.79 Å². The van der Waals surface area contributed by atoms with E-state index in [2.05, 4.69) is 5.32 Å². The first-order chi connectivity index (χ1) is 9.72. The Morgan fingerprint density at radius 1 is 1.20 bits per heavy atom. The van der Waals surface area contributed by atoms with E-state index in [1.165, 1.54) is 12.8 Å². The van der Waals surface area contributed by atoms with Gasteiger partial charge in [-0.1, -0.05) is 25.0 Å². The number of amides is 1. The Hall–Kier alpha value is -1.71. The molecule has 1 amide bonds. The van der Waals surface area contributed by atoms with Gasteiger partial charge in [-0.05, 0) is 31.9 Å². The highest BCUT2D eigenvalue weighted by atomic mass is 16.5. The third-order valence-corrected chi connectivity index (χ3v) is 3.77. The minimum atomic E-state index is -0.232. The van der Waals surface area contributed by atoms with Crippen LogP contribution in [0, 0.1) is 0 Å². The quantitative estimate of drug-likeness (QED) is 0.919. The molecule has 4 nitrogen and oxygen atoms in total. The number of hydrogen-bond donors (Lipinski definition) is 1. The summed E-state index contributed by atoms with van der Waals surface area (Å²) in [5, 5.41) is 3.26. The van der Waals surface area contributed by atoms with Gasteiger partial charge in [0.25, 0.3) is 0 Å². The van der Waals surface area contributed by atoms with E-state index in [4.69, 9.17) is 4.74 Å². The highest BCUT2D eigenvalue weighted by Crippen LogP contribution is 2.24. The molecule has 0 bridgehead atoms. The van der Waals surface area contributed by atoms with Gasteiger partial charge in [0.15, 0.2) is 0 Å². The van der Waals surface area contributed by atoms with E-state index in [1.807, 2.05) is 36.1 Å². The molecule has 0 spiro atoms. The van der Waals surface area contributed by atoms with Gasteiger partial charge in [-0.15, -0.1) is 0 Å². The highest BCUT2D eigenvalue weighted by Gasteiger charge is 2.21. The normalized spacial score (nSPS) is 17.2. The number of carbonyl (C=O) groups excluding carboxylic acids is 1. The maximum Gasteiger partial charge on any atom is 0.244 e. The van der Waals surface area contributed by atoms with Crippen molar-refractivity contribution in [2.45, 2.75) is 38.6 Å². The molecule has 1 atom stereocenters. The Morgan fingerprint density at radius 2 is 1.85 bits per heavy atom. The van der Waals surface area contributed by atoms with Crippen LogP contribution >= 0.6 is 0 Å². The number of nitrogens with one attached hydrogen (secondary N) is 1. The summed E-state index contributed by atoms with van der Waals surface area (Å²) >= 11 is 0. The maximum atomic E-state index is 12.5. The molecule has 0 radical (unpaired) electrons. The predicted octanol–water partition coefficient (Wildman–Crippen LogP) is 2.90. The van der Waals surface area contributed by atoms with Gasteiger partial charge >= 0.3 is 0 Å². The Labute approximate surface area is 121 Å². The van der Waals surface area contributed by atoms with Crippen molar-refractivity contribution < 1.29 is 9.53 Å². The van der Waals surface area contributed by atoms with Gasteiger partial charge < -0.3 is 15.0 Å². The van der Waals surface area contributed by atoms with Gasteiger partial charge in [0.1, 0.15) is 11.8 Å². The molecule has 110 valence electrons. The lowest BCUT2D eigenvalue weighted by Crippen LogP contribution is -2.41. The van der Waals surface area contributed by atoms with E-state index in [9.17, 15) is 4.79 Å². The lowest BCUT2D eigenvalue weighted by atomic mass is 10.2. The molecule has 2 rings (SSSR count). The summed E-state index contributed by atoms with van der Waals surface area (Å²) in [6, 6.07) is 7.46. The zero-order chi connectivity index (χ0) is 14.4. The number of carbonyl (C=O) groups is 1. The second-order valence-electron chi connectivity index (χ2n) is 5.31. The summed E-state index contributed by atoms with van der Waals surface area (Å²) in [6.45, 7) is 3.69. The molecule has 1 unspecified atom stereocenters. The number of likely N-dealkylation sites (tertiary alicyclic amines) is 1. The molecule has 1 aliphatic rings. The van der Waals surface area contributed by atoms with E-state index in [1.54, 1.807) is 7.11 Å². The zero-order valence-corrected chi connectivity index (χ0v) is 12.4. The van der Waals surface area contributed by atoms with Crippen molar-refractivity contribution in [1.29, 1.82) is 0 Å². The Balaban J connectivity index is 1.99. The van der Waals surface area contributed by atoms with Crippen LogP contribution in [0.5, 0.6) is 5.75 Å². The number of rotatable bonds is 4. The van der Waals surface area contributed by atoms with Crippen molar-refractivity contribution in [2.75, 3.05) is 25.5 Å². The van der Waals surface area contributed by atoms with Crippen LogP contribution in [0.15, 0.2) is 24.3 Å². The van der Waals surface area contributed by atoms with Crippen molar-refractivity contribution in [2.24, 2.45) is 0 Å². The lowest BCUT2D eigenvalue weighted by Gasteiger charge is -2.25. The van der Waals surface area contributed by atoms with Crippen LogP contribution in [0.2, 0.25) is 0 Å². The fourth-order valence-corrected chi connectivity index (χ4v) is 2.62. The number of benzene rings is 1. The molecular weight excluding hydrogens is 252 g/mol. The molecule has 1 aromatic carbocycles. The van der Waals surface area contributed by atoms with Crippen LogP contribution < -0.4 is 10.1 Å². The van der Waals surface area contributed by atoms with Gasteiger partial charge in [0.2, 0.25) is 5.91 Å². The molecule has 1 N–H and O–H groups in total. The molecular formula is C16H24N2O2. The van der Waals surface area contributed by atoms with Gasteiger partial charge in [0.05, 0.1) is 12.8 Å². The third kappa shape index (κ3) is 3.65. The first-order valence-electron chi connectivity index (χ1n) is 7.40. The zero-order valence-electron chi connectivity index (χ0n) is 12.4. The molecule has 4 heteroatoms. The van der Waals surface area contributed by atoms with E-state index in [0.29, 0.717) is 0 Å². The smallest absolute Gasteiger partial charge is 0.244 e. The van der Waals surface area contributed by atoms with Gasteiger partial charge in [-0.2, -0.15) is 0 Å². The molecule has 1 heterocycles. The van der Waals surface area contributed by atoms with Crippen LogP contribution in [0.25, 0.3) is 0 Å². The average Bonchev–Trinajstić information content (AvgIpc) is 2.76. The van der Waals surface area contributed by atoms with Crippen molar-refractivity contribution in [3.63, 3.8) is 0 Å². The highest BCUT2D eigenvalue weighted by molar-refractivity contribution is 5.84. The standard InChI is InChI=1S/C16H24N2O2/c1-13(16(19)18-11-7-3-4-8-12-18)17-14-9-5-6-10-15(14)20-2/h5-6,9-10,13,17H,3-4,7-8,11-12H2,1-2H3. The summed E-state index contributed by atoms with van der Waals surface area (Å²) < 4.78 is 5.30. The minimum absolute atomic E-state index is 0.179. The Bertz CT molecular complexity index is 440. The number of para-hydroxylation sites is 2. The van der Waals surface area contributed by atoms with Crippen LogP contribution in [0.3, 0.4) is 0 Å². The summed E-state index contributed by atoms with van der Waals surface area (Å²) in [5.74, 6) is 0.945. The van der Waals surface area contributed by atoms with Crippen LogP contribution in [-0.2, 0) is 4.79 Å². The SMILES string of the molecule is COc1ccccc1NC(C)C(=O)N1CCCCCC1. The second-order valence-corrected chi connectivity index (χ2v) is 5.31. The number of hydrogen-bond acceptors (Lipinski definition) is 3. The summed E-state index contributed by atoms with van der Waals surface area (Å²) in [4.78, 5) is 14.5. The van der Waals surface area contributed by atoms with E-state index < -0.39 is 0 Å². The monoisotopic (exact) mass is 276 g/mol. The topological polar surface area (TPSA) is 41.6 Å². The van der Waals surface area contributed by atoms with Gasteiger partial charge in [-0.25, -0.2) is 0 Å². The van der Waals surface area contributed by atoms with Crippen molar-refractivity contribution in [1.82, 2.24) is 4.90 Å². The molecule has 20 heavy (non-hydrogen) atoms. The first kappa shape index (κ1) is 14.7. The van der Waals surface area contributed by atoms with Crippen LogP contribution in [0.1, 0.15) is 32.6 Å². The summed E-state index contributed by atoms with van der Waals surface area (Å²) in [6.07, 6.45) is 4.70. The minimum Gasteiger partial charge on any atom is -0.495 e. The molecule has 1 aromatic rings. The van der Waals surface area contributed by atoms with Crippen LogP contribution in [-0.4, -0.2) is 37.0 Å². The lowest BCUT2D eigenvalue weighted by molar-refractivity contribution is -0.131. The van der Waals surface area contributed by atoms with Gasteiger partial charge in [0, 0.05) is 13.1 Å². The van der Waals surface area contributed by atoms with E-state index >= 15 is 0 Å². The third-order valence-electron chi connectivity index (χ3n) is 3.77. The molecule has 1 aliphatic heterocycles. The largest absolute Gasteiger partial charge is 0.495 e. The maximum absolute atomic E-state index is 12.5. The van der Waals surface area contributed by atoms with Crippen molar-refractivity contribution >= 4 is 11.6 Å². The van der Waals surface area contributed by atoms with E-state index in [-0.39, 0.29) is 11.9 Å². The molecule has 0 aromatic heterocycles. The van der Waals surface area contributed by atoms with Crippen molar-refractivity contribution in [3.05, 3.63) is 24.3 Å². The second kappa shape index (κ2) is 7.17. The first-order valence-corrected chi connectivity index (χ1v) is 7.40. The number of nitrogens with zero attached hydrogens (tertiary/aromatic N) is 1. The molecule has 1 saturated heterocycles. The molecule has 0 saturated carbocycles. The number of anilines is 1. The number of ether oxygens (including phenoxy) is 1. The number of methoxy groups -OCH3 is 1. The molecule has 1 fully saturated rings. The fourth-order valence-electron chi connectivity index (χ4n) is 2.62. The van der Waals surface area contributed by atoms with Crippen LogP contribution in [0.4, 0.5) is 5.69 Å². The van der Waals surface area contributed by atoms with E-state index in [0.717, 1.165) is 37.4 Å². The Kier molecular flexibility index (Phi) is 5.27. The molecule has 0 aliphatic carbocycles. The predicted molar refractivity (Wildman–Crippen MR) is 81.1 cm³/mol. The Morgan fingerprint density at radius 3 is 2.50 bits per heavy atom.